The monoisotopic (exact) mass is 356 g/mol. The van der Waals surface area contributed by atoms with Gasteiger partial charge in [0.05, 0.1) is 0 Å². The van der Waals surface area contributed by atoms with E-state index in [4.69, 9.17) is 10.2 Å². The largest absolute Gasteiger partial charge is 0.481 e. The molecule has 0 bridgehead atoms. The van der Waals surface area contributed by atoms with Crippen molar-refractivity contribution < 1.29 is 29.4 Å². The van der Waals surface area contributed by atoms with Gasteiger partial charge in [-0.1, -0.05) is 6.92 Å². The van der Waals surface area contributed by atoms with Gasteiger partial charge in [-0.05, 0) is 44.4 Å². The highest BCUT2D eigenvalue weighted by Crippen LogP contribution is 2.28. The maximum absolute atomic E-state index is 12.1. The molecule has 1 aliphatic carbocycles. The molecule has 1 atom stereocenters. The molecule has 8 heteroatoms. The zero-order valence-electron chi connectivity index (χ0n) is 14.6. The summed E-state index contributed by atoms with van der Waals surface area (Å²) in [7, 11) is 0. The number of carbonyl (C=O) groups excluding carboxylic acids is 2. The Kier molecular flexibility index (Phi) is 8.94. The van der Waals surface area contributed by atoms with Gasteiger partial charge in [0.25, 0.3) is 0 Å². The van der Waals surface area contributed by atoms with Crippen LogP contribution in [-0.4, -0.2) is 46.6 Å². The van der Waals surface area contributed by atoms with Crippen molar-refractivity contribution in [2.75, 3.05) is 6.54 Å². The number of carboxylic acid groups (broad SMARTS) is 2. The van der Waals surface area contributed by atoms with E-state index in [0.717, 1.165) is 12.8 Å². The van der Waals surface area contributed by atoms with E-state index in [1.54, 1.807) is 6.92 Å². The standard InChI is InChI=1S/C17H28N2O6/c1-2-13(17(24)25)19-16(23)12-8-6-11(7-9-12)10-18-14(20)4-3-5-15(21)22/h11-13H,2-10H2,1H3,(H,18,20)(H,19,23)(H,21,22)(H,24,25). The van der Waals surface area contributed by atoms with Crippen molar-refractivity contribution in [2.45, 2.75) is 64.3 Å². The van der Waals surface area contributed by atoms with Crippen LogP contribution in [0, 0.1) is 11.8 Å². The van der Waals surface area contributed by atoms with Crippen molar-refractivity contribution in [3.05, 3.63) is 0 Å². The summed E-state index contributed by atoms with van der Waals surface area (Å²) in [6.45, 7) is 2.25. The van der Waals surface area contributed by atoms with Gasteiger partial charge in [-0.2, -0.15) is 0 Å². The molecule has 142 valence electrons. The fraction of sp³-hybridized carbons (Fsp3) is 0.765. The van der Waals surface area contributed by atoms with Gasteiger partial charge in [0.1, 0.15) is 6.04 Å². The molecule has 1 saturated carbocycles. The minimum absolute atomic E-state index is 0.0112. The molecule has 1 unspecified atom stereocenters. The average Bonchev–Trinajstić information content (AvgIpc) is 2.57. The summed E-state index contributed by atoms with van der Waals surface area (Å²) < 4.78 is 0. The lowest BCUT2D eigenvalue weighted by molar-refractivity contribution is -0.142. The SMILES string of the molecule is CCC(NC(=O)C1CCC(CNC(=O)CCCC(=O)O)CC1)C(=O)O. The minimum atomic E-state index is -1.02. The third-order valence-electron chi connectivity index (χ3n) is 4.62. The van der Waals surface area contributed by atoms with Crippen LogP contribution in [0.25, 0.3) is 0 Å². The quantitative estimate of drug-likeness (QED) is 0.464. The number of hydrogen-bond donors (Lipinski definition) is 4. The first-order valence-electron chi connectivity index (χ1n) is 8.85. The number of carboxylic acids is 2. The number of amides is 2. The van der Waals surface area contributed by atoms with Gasteiger partial charge < -0.3 is 20.8 Å². The predicted octanol–water partition coefficient (Wildman–Crippen LogP) is 1.14. The van der Waals surface area contributed by atoms with Gasteiger partial charge in [0, 0.05) is 25.3 Å². The van der Waals surface area contributed by atoms with Crippen LogP contribution in [0.2, 0.25) is 0 Å². The fourth-order valence-electron chi connectivity index (χ4n) is 3.00. The highest BCUT2D eigenvalue weighted by molar-refractivity contribution is 5.85. The van der Waals surface area contributed by atoms with Crippen molar-refractivity contribution in [3.8, 4) is 0 Å². The highest BCUT2D eigenvalue weighted by Gasteiger charge is 2.28. The van der Waals surface area contributed by atoms with Crippen LogP contribution in [0.1, 0.15) is 58.3 Å². The molecule has 0 saturated heterocycles. The zero-order valence-corrected chi connectivity index (χ0v) is 14.6. The average molecular weight is 356 g/mol. The van der Waals surface area contributed by atoms with E-state index in [0.29, 0.717) is 38.1 Å². The third-order valence-corrected chi connectivity index (χ3v) is 4.62. The van der Waals surface area contributed by atoms with Gasteiger partial charge >= 0.3 is 11.9 Å². The van der Waals surface area contributed by atoms with Crippen LogP contribution in [0.5, 0.6) is 0 Å². The predicted molar refractivity (Wildman–Crippen MR) is 89.8 cm³/mol. The van der Waals surface area contributed by atoms with Crippen LogP contribution < -0.4 is 10.6 Å². The maximum Gasteiger partial charge on any atom is 0.326 e. The summed E-state index contributed by atoms with van der Waals surface area (Å²) in [4.78, 5) is 45.1. The van der Waals surface area contributed by atoms with Gasteiger partial charge in [-0.3, -0.25) is 14.4 Å². The first-order chi connectivity index (χ1) is 11.8. The molecule has 0 aliphatic heterocycles. The molecule has 1 fully saturated rings. The fourth-order valence-corrected chi connectivity index (χ4v) is 3.00. The van der Waals surface area contributed by atoms with Crippen LogP contribution in [-0.2, 0) is 19.2 Å². The summed E-state index contributed by atoms with van der Waals surface area (Å²) in [5.74, 6) is -2.14. The molecule has 4 N–H and O–H groups in total. The molecule has 1 aliphatic rings. The Hall–Kier alpha value is -2.12. The van der Waals surface area contributed by atoms with E-state index >= 15 is 0 Å². The Bertz CT molecular complexity index is 486. The Balaban J connectivity index is 2.24. The molecule has 0 radical (unpaired) electrons. The van der Waals surface area contributed by atoms with E-state index in [1.807, 2.05) is 0 Å². The van der Waals surface area contributed by atoms with Gasteiger partial charge in [-0.15, -0.1) is 0 Å². The summed E-state index contributed by atoms with van der Waals surface area (Å²) in [5.41, 5.74) is 0. The molecule has 0 aromatic rings. The number of rotatable bonds is 10. The van der Waals surface area contributed by atoms with Crippen molar-refractivity contribution in [1.82, 2.24) is 10.6 Å². The zero-order chi connectivity index (χ0) is 18.8. The van der Waals surface area contributed by atoms with E-state index in [1.165, 1.54) is 0 Å². The third kappa shape index (κ3) is 8.00. The second kappa shape index (κ2) is 10.7. The molecule has 0 aromatic carbocycles. The summed E-state index contributed by atoms with van der Waals surface area (Å²) >= 11 is 0. The first kappa shape index (κ1) is 20.9. The van der Waals surface area contributed by atoms with Crippen molar-refractivity contribution in [2.24, 2.45) is 11.8 Å². The van der Waals surface area contributed by atoms with Crippen LogP contribution in [0.3, 0.4) is 0 Å². The Morgan fingerprint density at radius 1 is 1.04 bits per heavy atom. The van der Waals surface area contributed by atoms with E-state index in [-0.39, 0.29) is 30.6 Å². The smallest absolute Gasteiger partial charge is 0.326 e. The van der Waals surface area contributed by atoms with E-state index in [2.05, 4.69) is 10.6 Å². The summed E-state index contributed by atoms with van der Waals surface area (Å²) in [5, 5.41) is 22.9. The topological polar surface area (TPSA) is 133 Å². The molecular formula is C17H28N2O6. The number of carbonyl (C=O) groups is 4. The summed E-state index contributed by atoms with van der Waals surface area (Å²) in [6, 6.07) is -0.838. The Morgan fingerprint density at radius 3 is 2.20 bits per heavy atom. The lowest BCUT2D eigenvalue weighted by Crippen LogP contribution is -2.44. The molecule has 0 heterocycles. The number of nitrogens with one attached hydrogen (secondary N) is 2. The van der Waals surface area contributed by atoms with Gasteiger partial charge in [-0.25, -0.2) is 4.79 Å². The van der Waals surface area contributed by atoms with Crippen LogP contribution in [0.4, 0.5) is 0 Å². The molecule has 2 amide bonds. The lowest BCUT2D eigenvalue weighted by atomic mass is 9.81. The van der Waals surface area contributed by atoms with Gasteiger partial charge in [0.15, 0.2) is 0 Å². The maximum atomic E-state index is 12.1. The van der Waals surface area contributed by atoms with Crippen LogP contribution in [0.15, 0.2) is 0 Å². The van der Waals surface area contributed by atoms with Crippen molar-refractivity contribution in [1.29, 1.82) is 0 Å². The lowest BCUT2D eigenvalue weighted by Gasteiger charge is -2.28. The molecule has 8 nitrogen and oxygen atoms in total. The van der Waals surface area contributed by atoms with Crippen molar-refractivity contribution >= 4 is 23.8 Å². The molecule has 1 rings (SSSR count). The molecular weight excluding hydrogens is 328 g/mol. The van der Waals surface area contributed by atoms with Crippen LogP contribution >= 0.6 is 0 Å². The Labute approximate surface area is 147 Å². The van der Waals surface area contributed by atoms with E-state index in [9.17, 15) is 19.2 Å². The normalized spacial score (nSPS) is 21.2. The molecule has 25 heavy (non-hydrogen) atoms. The van der Waals surface area contributed by atoms with Gasteiger partial charge in [0.2, 0.25) is 11.8 Å². The first-order valence-corrected chi connectivity index (χ1v) is 8.85. The summed E-state index contributed by atoms with van der Waals surface area (Å²) in [6.07, 6.45) is 3.85. The number of aliphatic carboxylic acids is 2. The number of hydrogen-bond acceptors (Lipinski definition) is 4. The second-order valence-electron chi connectivity index (χ2n) is 6.58. The molecule has 0 spiro atoms. The highest BCUT2D eigenvalue weighted by atomic mass is 16.4. The Morgan fingerprint density at radius 2 is 1.68 bits per heavy atom. The minimum Gasteiger partial charge on any atom is -0.481 e. The molecule has 0 aromatic heterocycles. The second-order valence-corrected chi connectivity index (χ2v) is 6.58. The van der Waals surface area contributed by atoms with Crippen molar-refractivity contribution in [3.63, 3.8) is 0 Å². The van der Waals surface area contributed by atoms with E-state index < -0.39 is 18.0 Å².